The Morgan fingerprint density at radius 3 is 1.80 bits per heavy atom. The quantitative estimate of drug-likeness (QED) is 0.412. The maximum atomic E-state index is 10.5. The van der Waals surface area contributed by atoms with Crippen molar-refractivity contribution in [2.24, 2.45) is 0 Å². The van der Waals surface area contributed by atoms with E-state index in [4.69, 9.17) is 19.2 Å². The van der Waals surface area contributed by atoms with E-state index < -0.39 is 23.6 Å². The second-order valence-electron chi connectivity index (χ2n) is 2.80. The van der Waals surface area contributed by atoms with E-state index in [1.165, 1.54) is 0 Å². The zero-order valence-corrected chi connectivity index (χ0v) is 10.2. The van der Waals surface area contributed by atoms with Gasteiger partial charge in [-0.25, -0.2) is 4.79 Å². The molecule has 0 bridgehead atoms. The normalized spacial score (nSPS) is 11.6. The number of carbonyl (C=O) groups excluding carboxylic acids is 1. The van der Waals surface area contributed by atoms with Crippen LogP contribution in [0.1, 0.15) is 26.2 Å². The van der Waals surface area contributed by atoms with Crippen LogP contribution in [-0.4, -0.2) is 39.4 Å². The van der Waals surface area contributed by atoms with Crippen LogP contribution in [0.2, 0.25) is 0 Å². The minimum atomic E-state index is -4.18. The summed E-state index contributed by atoms with van der Waals surface area (Å²) < 4.78 is 25.9. The predicted octanol–water partition coefficient (Wildman–Crippen LogP) is -0.0533. The minimum absolute atomic E-state index is 0.0494. The summed E-state index contributed by atoms with van der Waals surface area (Å²) in [5.74, 6) is 0. The summed E-state index contributed by atoms with van der Waals surface area (Å²) >= 11 is 0. The predicted molar refractivity (Wildman–Crippen MR) is 55.6 cm³/mol. The first-order valence-corrected chi connectivity index (χ1v) is 7.51. The highest BCUT2D eigenvalue weighted by Crippen LogP contribution is 2.46. The first kappa shape index (κ1) is 17.3. The molecule has 92 valence electrons. The van der Waals surface area contributed by atoms with Crippen molar-refractivity contribution in [1.82, 2.24) is 0 Å². The Bertz CT molecular complexity index is 270. The molecule has 0 saturated heterocycles. The van der Waals surface area contributed by atoms with Crippen LogP contribution in [0.3, 0.4) is 0 Å². The highest BCUT2D eigenvalue weighted by Gasteiger charge is 2.40. The van der Waals surface area contributed by atoms with Crippen molar-refractivity contribution in [3.8, 4) is 0 Å². The zero-order valence-electron chi connectivity index (χ0n) is 8.49. The van der Waals surface area contributed by atoms with Crippen LogP contribution in [0.4, 0.5) is 0 Å². The minimum Gasteiger partial charge on any atom is -0.286 e. The highest BCUT2D eigenvalue weighted by atomic mass is 32.2. The van der Waals surface area contributed by atoms with Gasteiger partial charge in [0.2, 0.25) is 0 Å². The van der Waals surface area contributed by atoms with Gasteiger partial charge in [0.05, 0.1) is 12.7 Å². The van der Waals surface area contributed by atoms with Gasteiger partial charge in [0.15, 0.2) is 0 Å². The van der Waals surface area contributed by atoms with Gasteiger partial charge in [-0.3, -0.25) is 4.55 Å². The van der Waals surface area contributed by atoms with Crippen molar-refractivity contribution in [3.05, 3.63) is 0 Å². The lowest BCUT2D eigenvalue weighted by molar-refractivity contribution is -0.114. The van der Waals surface area contributed by atoms with Crippen LogP contribution < -0.4 is 0 Å². The molecule has 0 saturated carbocycles. The lowest BCUT2D eigenvalue weighted by Gasteiger charge is -1.99. The molecule has 0 fully saturated rings. The topological polar surface area (TPSA) is 132 Å². The van der Waals surface area contributed by atoms with E-state index in [1.807, 2.05) is 6.92 Å². The van der Waals surface area contributed by atoms with Crippen LogP contribution in [-0.2, 0) is 14.9 Å². The molecular formula is C6H16O7PS+. The van der Waals surface area contributed by atoms with Gasteiger partial charge in [-0.05, 0) is 6.42 Å². The SMILES string of the molecule is CCCCC(=O)[P+](O)(O)O.CS(=O)(=O)O. The Balaban J connectivity index is 0. The van der Waals surface area contributed by atoms with Crippen LogP contribution in [0.15, 0.2) is 0 Å². The molecule has 0 aliphatic heterocycles. The molecule has 0 atom stereocenters. The van der Waals surface area contributed by atoms with Crippen LogP contribution in [0, 0.1) is 0 Å². The van der Waals surface area contributed by atoms with Gasteiger partial charge in [-0.15, -0.1) is 0 Å². The van der Waals surface area contributed by atoms with E-state index in [2.05, 4.69) is 0 Å². The Kier molecular flexibility index (Phi) is 8.31. The summed E-state index contributed by atoms with van der Waals surface area (Å²) in [6, 6.07) is 0. The fourth-order valence-corrected chi connectivity index (χ4v) is 0.936. The summed E-state index contributed by atoms with van der Waals surface area (Å²) in [4.78, 5) is 35.7. The van der Waals surface area contributed by atoms with E-state index in [0.717, 1.165) is 6.42 Å². The second kappa shape index (κ2) is 7.21. The third-order valence-electron chi connectivity index (χ3n) is 1.08. The number of carbonyl (C=O) groups is 1. The molecule has 0 aromatic carbocycles. The lowest BCUT2D eigenvalue weighted by Crippen LogP contribution is -2.03. The summed E-state index contributed by atoms with van der Waals surface area (Å²) in [5, 5.41) is 0. The molecular weight excluding hydrogens is 247 g/mol. The Morgan fingerprint density at radius 1 is 1.27 bits per heavy atom. The molecule has 15 heavy (non-hydrogen) atoms. The fourth-order valence-electron chi connectivity index (χ4n) is 0.478. The van der Waals surface area contributed by atoms with E-state index in [9.17, 15) is 13.2 Å². The first-order valence-electron chi connectivity index (χ1n) is 4.01. The van der Waals surface area contributed by atoms with Crippen LogP contribution in [0.5, 0.6) is 0 Å². The summed E-state index contributed by atoms with van der Waals surface area (Å²) in [6.07, 6.45) is 2.15. The monoisotopic (exact) mass is 263 g/mol. The third kappa shape index (κ3) is 20.1. The summed E-state index contributed by atoms with van der Waals surface area (Å²) in [5.41, 5.74) is -0.839. The molecule has 0 amide bonds. The van der Waals surface area contributed by atoms with Crippen molar-refractivity contribution in [1.29, 1.82) is 0 Å². The Labute approximate surface area is 89.1 Å². The fraction of sp³-hybridized carbons (Fsp3) is 0.833. The maximum Gasteiger partial charge on any atom is 0.478 e. The van der Waals surface area contributed by atoms with Gasteiger partial charge >= 0.3 is 13.5 Å². The Morgan fingerprint density at radius 2 is 1.60 bits per heavy atom. The average molecular weight is 263 g/mol. The van der Waals surface area contributed by atoms with Gasteiger partial charge in [-0.1, -0.05) is 13.3 Å². The van der Waals surface area contributed by atoms with Crippen LogP contribution >= 0.6 is 7.94 Å². The summed E-state index contributed by atoms with van der Waals surface area (Å²) in [6.45, 7) is 1.87. The zero-order chi connectivity index (χ0) is 12.7. The number of unbranched alkanes of at least 4 members (excludes halogenated alkanes) is 1. The molecule has 9 heteroatoms. The van der Waals surface area contributed by atoms with Crippen molar-refractivity contribution in [2.75, 3.05) is 6.26 Å². The van der Waals surface area contributed by atoms with Crippen molar-refractivity contribution in [3.63, 3.8) is 0 Å². The molecule has 0 aliphatic rings. The van der Waals surface area contributed by atoms with Crippen molar-refractivity contribution >= 4 is 23.6 Å². The number of hydrogen-bond acceptors (Lipinski definition) is 6. The van der Waals surface area contributed by atoms with E-state index >= 15 is 0 Å². The highest BCUT2D eigenvalue weighted by molar-refractivity contribution is 7.85. The largest absolute Gasteiger partial charge is 0.478 e. The lowest BCUT2D eigenvalue weighted by atomic mass is 10.3. The molecule has 0 spiro atoms. The molecule has 0 rings (SSSR count). The van der Waals surface area contributed by atoms with Crippen molar-refractivity contribution in [2.45, 2.75) is 26.2 Å². The van der Waals surface area contributed by atoms with E-state index in [1.54, 1.807) is 0 Å². The van der Waals surface area contributed by atoms with Gasteiger partial charge in [0.25, 0.3) is 10.1 Å². The smallest absolute Gasteiger partial charge is 0.286 e. The van der Waals surface area contributed by atoms with Gasteiger partial charge in [0.1, 0.15) is 0 Å². The molecule has 0 aliphatic carbocycles. The molecule has 7 nitrogen and oxygen atoms in total. The molecule has 0 aromatic rings. The Hall–Kier alpha value is -0.110. The number of rotatable bonds is 4. The van der Waals surface area contributed by atoms with E-state index in [0.29, 0.717) is 12.7 Å². The summed E-state index contributed by atoms with van der Waals surface area (Å²) in [7, 11) is -7.84. The standard InChI is InChI=1S/C5H12O4P.CH4O3S/c1-2-3-4-5(6)10(7,8)9;1-5(2,3)4/h7-9H,2-4H2,1H3;1H3,(H,2,3,4)/q+1;. The molecule has 4 N–H and O–H groups in total. The van der Waals surface area contributed by atoms with Crippen LogP contribution in [0.25, 0.3) is 0 Å². The first-order chi connectivity index (χ1) is 6.48. The molecule has 0 heterocycles. The third-order valence-corrected chi connectivity index (χ3v) is 1.97. The van der Waals surface area contributed by atoms with Gasteiger partial charge < -0.3 is 0 Å². The van der Waals surface area contributed by atoms with E-state index in [-0.39, 0.29) is 6.42 Å². The molecule has 0 unspecified atom stereocenters. The molecule has 0 aromatic heterocycles. The van der Waals surface area contributed by atoms with Gasteiger partial charge in [-0.2, -0.15) is 23.1 Å². The second-order valence-corrected chi connectivity index (χ2v) is 5.90. The maximum absolute atomic E-state index is 10.5. The van der Waals surface area contributed by atoms with Crippen molar-refractivity contribution < 1.29 is 32.4 Å². The number of hydrogen-bond donors (Lipinski definition) is 4. The average Bonchev–Trinajstić information content (AvgIpc) is 1.94. The molecule has 0 radical (unpaired) electrons. The van der Waals surface area contributed by atoms with Gasteiger partial charge in [0, 0.05) is 0 Å².